The number of hydrogen-bond acceptors (Lipinski definition) is 6. The second kappa shape index (κ2) is 12.6. The minimum absolute atomic E-state index is 0.0306. The largest absolute Gasteiger partial charge is 0.508 e. The first-order valence-corrected chi connectivity index (χ1v) is 15.9. The van der Waals surface area contributed by atoms with Crippen LogP contribution in [0, 0.1) is 17.8 Å². The number of hydrogen-bond donors (Lipinski definition) is 2. The summed E-state index contributed by atoms with van der Waals surface area (Å²) < 4.78 is 6.08. The fraction of sp³-hybridized carbons (Fsp3) is 0.471. The third-order valence-electron chi connectivity index (χ3n) is 9.84. The van der Waals surface area contributed by atoms with Crippen molar-refractivity contribution in [1.29, 1.82) is 0 Å². The molecule has 0 spiro atoms. The Morgan fingerprint density at radius 3 is 2.56 bits per heavy atom. The summed E-state index contributed by atoms with van der Waals surface area (Å²) in [5, 5.41) is 20.9. The molecule has 2 aromatic carbocycles. The molecule has 3 aliphatic heterocycles. The lowest BCUT2D eigenvalue weighted by molar-refractivity contribution is -0.144. The van der Waals surface area contributed by atoms with E-state index in [0.29, 0.717) is 30.6 Å². The number of amides is 2. The summed E-state index contributed by atoms with van der Waals surface area (Å²) in [7, 11) is -0.973. The smallest absolute Gasteiger partial charge is 0.455 e. The third kappa shape index (κ3) is 6.21. The number of phenolic OH excluding ortho intramolecular Hbond substituents is 1. The van der Waals surface area contributed by atoms with Crippen LogP contribution in [0.2, 0.25) is 11.3 Å². The number of benzene rings is 2. The predicted octanol–water partition coefficient (Wildman–Crippen LogP) is 5.71. The molecule has 0 bridgehead atoms. The lowest BCUT2D eigenvalue weighted by atomic mass is 9.59. The Bertz CT molecular complexity index is 1440. The van der Waals surface area contributed by atoms with Crippen molar-refractivity contribution in [3.05, 3.63) is 81.4 Å². The molecule has 226 valence electrons. The highest BCUT2D eigenvalue weighted by Crippen LogP contribution is 2.51. The molecule has 0 radical (unpaired) electrons. The first kappa shape index (κ1) is 30.1. The molecule has 6 rings (SSSR count). The zero-order chi connectivity index (χ0) is 30.2. The molecule has 0 unspecified atom stereocenters. The summed E-state index contributed by atoms with van der Waals surface area (Å²) in [5.41, 5.74) is 5.42. The maximum atomic E-state index is 14.0. The maximum Gasteiger partial charge on any atom is 0.455 e. The molecule has 7 nitrogen and oxygen atoms in total. The van der Waals surface area contributed by atoms with E-state index in [-0.39, 0.29) is 41.5 Å². The molecular weight excluding hydrogens is 563 g/mol. The number of fused-ring (bicyclic) bond motifs is 3. The van der Waals surface area contributed by atoms with Crippen LogP contribution in [0.15, 0.2) is 65.3 Å². The molecule has 1 aliphatic carbocycles. The Hall–Kier alpha value is -2.91. The molecule has 9 heteroatoms. The maximum absolute atomic E-state index is 14.0. The third-order valence-corrected chi connectivity index (χ3v) is 10.2. The van der Waals surface area contributed by atoms with Gasteiger partial charge in [0, 0.05) is 25.7 Å². The van der Waals surface area contributed by atoms with Gasteiger partial charge in [0.1, 0.15) is 5.75 Å². The molecule has 0 saturated carbocycles. The van der Waals surface area contributed by atoms with Crippen LogP contribution in [0.3, 0.4) is 0 Å². The first-order valence-electron chi connectivity index (χ1n) is 15.5. The molecular formula is C34H40BClN2O5. The van der Waals surface area contributed by atoms with E-state index in [1.165, 1.54) is 11.6 Å². The summed E-state index contributed by atoms with van der Waals surface area (Å²) in [4.78, 5) is 31.8. The van der Waals surface area contributed by atoms with Gasteiger partial charge in [0.25, 0.3) is 0 Å². The van der Waals surface area contributed by atoms with Gasteiger partial charge in [0.15, 0.2) is 0 Å². The monoisotopic (exact) mass is 602 g/mol. The molecule has 2 aromatic rings. The number of nitrogens with zero attached hydrogens (tertiary/aromatic N) is 2. The SMILES string of the molecule is CC1=C2[C@@H](CC/C(C)=C/c3ccc(O)cc3Cl)OB(O)C[C@@H]2[C@@H]2C(=O)N(C3CCN(Cc4ccccc4)CC3)C(=O)[C@@H]2C1. The summed E-state index contributed by atoms with van der Waals surface area (Å²) in [6.07, 6.45) is 5.54. The van der Waals surface area contributed by atoms with Crippen molar-refractivity contribution in [2.24, 2.45) is 17.8 Å². The standard InChI is InChI=1S/C34H40BClN2O5/c1-21(16-24-9-10-26(39)18-29(24)36)8-11-30-31-22(2)17-27-32(28(31)19-35(42)43-30)34(41)38(33(27)40)25-12-14-37(15-13-25)20-23-6-4-3-5-7-23/h3-7,9-10,16,18,25,27-28,30,32,39,42H,8,11-15,17,19-20H2,1-2H3/b21-16+/t27-,28+,30-,32-/m1/s1. The number of likely N-dealkylation sites (tertiary alicyclic amines) is 2. The van der Waals surface area contributed by atoms with Crippen LogP contribution in [0.1, 0.15) is 57.1 Å². The fourth-order valence-electron chi connectivity index (χ4n) is 7.81. The van der Waals surface area contributed by atoms with Gasteiger partial charge in [0.05, 0.1) is 23.0 Å². The number of imide groups is 1. The van der Waals surface area contributed by atoms with Crippen LogP contribution in [0.5, 0.6) is 5.75 Å². The second-order valence-electron chi connectivity index (χ2n) is 12.8. The number of piperidine rings is 1. The Labute approximate surface area is 259 Å². The number of carbonyl (C=O) groups excluding carboxylic acids is 2. The van der Waals surface area contributed by atoms with Crippen molar-refractivity contribution in [3.8, 4) is 5.75 Å². The van der Waals surface area contributed by atoms with E-state index in [4.69, 9.17) is 16.3 Å². The van der Waals surface area contributed by atoms with Crippen molar-refractivity contribution >= 4 is 36.6 Å². The quantitative estimate of drug-likeness (QED) is 0.240. The van der Waals surface area contributed by atoms with Crippen LogP contribution < -0.4 is 0 Å². The van der Waals surface area contributed by atoms with Crippen LogP contribution in [-0.4, -0.2) is 64.1 Å². The Morgan fingerprint density at radius 1 is 1.09 bits per heavy atom. The number of carbonyl (C=O) groups is 2. The minimum Gasteiger partial charge on any atom is -0.508 e. The van der Waals surface area contributed by atoms with Gasteiger partial charge in [-0.1, -0.05) is 59.2 Å². The van der Waals surface area contributed by atoms with E-state index >= 15 is 0 Å². The Balaban J connectivity index is 1.14. The van der Waals surface area contributed by atoms with Gasteiger partial charge in [-0.05, 0) is 93.1 Å². The van der Waals surface area contributed by atoms with Crippen molar-refractivity contribution in [1.82, 2.24) is 9.80 Å². The van der Waals surface area contributed by atoms with E-state index in [1.807, 2.05) is 19.1 Å². The Kier molecular flexibility index (Phi) is 8.83. The van der Waals surface area contributed by atoms with E-state index in [1.54, 1.807) is 17.0 Å². The van der Waals surface area contributed by atoms with Crippen LogP contribution >= 0.6 is 11.6 Å². The number of halogens is 1. The average Bonchev–Trinajstić information content (AvgIpc) is 3.23. The summed E-state index contributed by atoms with van der Waals surface area (Å²) in [5.74, 6) is -0.937. The molecule has 3 saturated heterocycles. The topological polar surface area (TPSA) is 90.3 Å². The van der Waals surface area contributed by atoms with Gasteiger partial charge in [-0.25, -0.2) is 0 Å². The zero-order valence-corrected chi connectivity index (χ0v) is 25.7. The molecule has 4 aliphatic rings. The van der Waals surface area contributed by atoms with Crippen molar-refractivity contribution in [2.75, 3.05) is 13.1 Å². The number of aromatic hydroxyl groups is 1. The normalized spacial score (nSPS) is 27.1. The molecule has 4 atom stereocenters. The summed E-state index contributed by atoms with van der Waals surface area (Å²) in [6.45, 7) is 6.68. The van der Waals surface area contributed by atoms with Crippen LogP contribution in [-0.2, 0) is 20.8 Å². The van der Waals surface area contributed by atoms with Gasteiger partial charge in [-0.3, -0.25) is 19.4 Å². The van der Waals surface area contributed by atoms with Gasteiger partial charge >= 0.3 is 7.12 Å². The average molecular weight is 603 g/mol. The lowest BCUT2D eigenvalue weighted by Crippen LogP contribution is -2.48. The lowest BCUT2D eigenvalue weighted by Gasteiger charge is -2.42. The van der Waals surface area contributed by atoms with Crippen molar-refractivity contribution in [3.63, 3.8) is 0 Å². The second-order valence-corrected chi connectivity index (χ2v) is 13.2. The zero-order valence-electron chi connectivity index (χ0n) is 24.9. The summed E-state index contributed by atoms with van der Waals surface area (Å²) >= 11 is 6.30. The highest BCUT2D eigenvalue weighted by atomic mass is 35.5. The number of rotatable bonds is 7. The van der Waals surface area contributed by atoms with Crippen molar-refractivity contribution < 1.29 is 24.4 Å². The fourth-order valence-corrected chi connectivity index (χ4v) is 8.04. The van der Waals surface area contributed by atoms with Gasteiger partial charge in [-0.15, -0.1) is 0 Å². The highest BCUT2D eigenvalue weighted by molar-refractivity contribution is 6.43. The Morgan fingerprint density at radius 2 is 1.84 bits per heavy atom. The van der Waals surface area contributed by atoms with E-state index in [0.717, 1.165) is 54.8 Å². The van der Waals surface area contributed by atoms with E-state index in [9.17, 15) is 19.7 Å². The highest BCUT2D eigenvalue weighted by Gasteiger charge is 2.58. The van der Waals surface area contributed by atoms with Gasteiger partial charge in [-0.2, -0.15) is 0 Å². The molecule has 3 heterocycles. The molecule has 3 fully saturated rings. The predicted molar refractivity (Wildman–Crippen MR) is 168 cm³/mol. The van der Waals surface area contributed by atoms with E-state index < -0.39 is 13.0 Å². The van der Waals surface area contributed by atoms with Gasteiger partial charge < -0.3 is 14.8 Å². The molecule has 2 N–H and O–H groups in total. The molecule has 0 aromatic heterocycles. The van der Waals surface area contributed by atoms with Crippen molar-refractivity contribution in [2.45, 2.75) is 71.0 Å². The molecule has 2 amide bonds. The van der Waals surface area contributed by atoms with Crippen LogP contribution in [0.4, 0.5) is 0 Å². The summed E-state index contributed by atoms with van der Waals surface area (Å²) in [6, 6.07) is 15.3. The minimum atomic E-state index is -0.973. The number of allylic oxidation sites excluding steroid dienone is 2. The first-order chi connectivity index (χ1) is 20.7. The van der Waals surface area contributed by atoms with Crippen LogP contribution in [0.25, 0.3) is 6.08 Å². The number of phenols is 1. The molecule has 43 heavy (non-hydrogen) atoms. The van der Waals surface area contributed by atoms with E-state index in [2.05, 4.69) is 36.1 Å². The van der Waals surface area contributed by atoms with Gasteiger partial charge in [0.2, 0.25) is 11.8 Å².